The topological polar surface area (TPSA) is 22.3 Å². The van der Waals surface area contributed by atoms with Gasteiger partial charge in [-0.1, -0.05) is 115 Å². The molecule has 0 saturated heterocycles. The molecule has 2 aliphatic rings. The first-order valence-corrected chi connectivity index (χ1v) is 18.2. The molecule has 0 N–H and O–H groups in total. The van der Waals surface area contributed by atoms with E-state index in [1.807, 2.05) is 0 Å². The summed E-state index contributed by atoms with van der Waals surface area (Å²) in [7, 11) is 0. The van der Waals surface area contributed by atoms with Crippen molar-refractivity contribution in [1.82, 2.24) is 9.13 Å². The summed E-state index contributed by atoms with van der Waals surface area (Å²) in [4.78, 5) is 2.34. The van der Waals surface area contributed by atoms with Crippen LogP contribution in [0.3, 0.4) is 0 Å². The number of nitrogens with zero attached hydrogens (tertiary/aromatic N) is 3. The molecule has 4 heterocycles. The Bertz CT molecular complexity index is 3050. The summed E-state index contributed by atoms with van der Waals surface area (Å²) < 4.78 is 12.0. The molecule has 5 heteroatoms. The monoisotopic (exact) mass is 675 g/mol. The van der Waals surface area contributed by atoms with Gasteiger partial charge in [0.1, 0.15) is 11.5 Å². The minimum Gasteiger partial charge on any atom is -0.458 e. The second kappa shape index (κ2) is 10.8. The number of hydrogen-bond donors (Lipinski definition) is 0. The average molecular weight is 676 g/mol. The molecule has 0 aliphatic carbocycles. The van der Waals surface area contributed by atoms with E-state index in [1.54, 1.807) is 0 Å². The average Bonchev–Trinajstić information content (AvgIpc) is 3.74. The Hall–Kier alpha value is -6.98. The van der Waals surface area contributed by atoms with Gasteiger partial charge in [0, 0.05) is 50.4 Å². The second-order valence-electron chi connectivity index (χ2n) is 14.1. The van der Waals surface area contributed by atoms with E-state index < -0.39 is 0 Å². The van der Waals surface area contributed by atoms with E-state index >= 15 is 0 Å². The number of aromatic nitrogens is 2. The number of benzene rings is 8. The summed E-state index contributed by atoms with van der Waals surface area (Å²) in [6.45, 7) is -0.0107. The third kappa shape index (κ3) is 3.91. The molecule has 0 spiro atoms. The van der Waals surface area contributed by atoms with Crippen LogP contribution in [0.2, 0.25) is 0 Å². The van der Waals surface area contributed by atoms with Crippen LogP contribution in [-0.4, -0.2) is 15.8 Å². The predicted octanol–water partition coefficient (Wildman–Crippen LogP) is 10.3. The highest BCUT2D eigenvalue weighted by atomic mass is 16.5. The van der Waals surface area contributed by atoms with Crippen molar-refractivity contribution in [3.8, 4) is 22.9 Å². The zero-order chi connectivity index (χ0) is 34.6. The Morgan fingerprint density at radius 2 is 1.04 bits per heavy atom. The highest BCUT2D eigenvalue weighted by molar-refractivity contribution is 6.99. The van der Waals surface area contributed by atoms with Crippen LogP contribution in [0.25, 0.3) is 55.0 Å². The van der Waals surface area contributed by atoms with Crippen molar-refractivity contribution in [3.63, 3.8) is 0 Å². The van der Waals surface area contributed by atoms with Crippen molar-refractivity contribution in [2.45, 2.75) is 0 Å². The van der Waals surface area contributed by atoms with E-state index in [-0.39, 0.29) is 6.71 Å². The summed E-state index contributed by atoms with van der Waals surface area (Å²) >= 11 is 0. The third-order valence-electron chi connectivity index (χ3n) is 11.3. The van der Waals surface area contributed by atoms with Gasteiger partial charge in [-0.05, 0) is 77.1 Å². The van der Waals surface area contributed by atoms with Crippen LogP contribution in [0.4, 0.5) is 17.1 Å². The van der Waals surface area contributed by atoms with Gasteiger partial charge in [0.15, 0.2) is 0 Å². The highest BCUT2D eigenvalue weighted by Crippen LogP contribution is 2.46. The molecule has 8 aromatic carbocycles. The van der Waals surface area contributed by atoms with Gasteiger partial charge < -0.3 is 18.8 Å². The summed E-state index contributed by atoms with van der Waals surface area (Å²) in [6.07, 6.45) is 0. The number of hydrogen-bond acceptors (Lipinski definition) is 2. The van der Waals surface area contributed by atoms with E-state index in [4.69, 9.17) is 4.74 Å². The van der Waals surface area contributed by atoms with E-state index in [2.05, 4.69) is 196 Å². The van der Waals surface area contributed by atoms with Crippen molar-refractivity contribution in [1.29, 1.82) is 0 Å². The molecule has 0 bridgehead atoms. The quantitative estimate of drug-likeness (QED) is 0.173. The van der Waals surface area contributed by atoms with E-state index in [0.717, 1.165) is 39.9 Å². The van der Waals surface area contributed by atoms with Crippen LogP contribution < -0.4 is 26.0 Å². The predicted molar refractivity (Wildman–Crippen MR) is 221 cm³/mol. The van der Waals surface area contributed by atoms with Crippen molar-refractivity contribution in [2.75, 3.05) is 4.90 Å². The van der Waals surface area contributed by atoms with Crippen LogP contribution in [0, 0.1) is 0 Å². The Labute approximate surface area is 306 Å². The summed E-state index contributed by atoms with van der Waals surface area (Å²) in [5, 5.41) is 5.03. The summed E-state index contributed by atoms with van der Waals surface area (Å²) in [5.74, 6) is 1.80. The SMILES string of the molecule is c1ccc(N(c2ccccc2)c2cc3c4c(c2)-n2c5ccccc5c5c2c(cc2c6ccccc6n(-c6ccccc6)c25)B4c2ccccc2O3)cc1. The molecule has 0 unspecified atom stereocenters. The van der Waals surface area contributed by atoms with Crippen molar-refractivity contribution < 1.29 is 4.74 Å². The molecule has 2 aliphatic heterocycles. The minimum atomic E-state index is -0.0107. The minimum absolute atomic E-state index is 0.0107. The zero-order valence-corrected chi connectivity index (χ0v) is 28.6. The second-order valence-corrected chi connectivity index (χ2v) is 14.1. The van der Waals surface area contributed by atoms with Gasteiger partial charge in [0.05, 0.1) is 27.8 Å². The third-order valence-corrected chi connectivity index (χ3v) is 11.3. The maximum atomic E-state index is 6.96. The van der Waals surface area contributed by atoms with Crippen molar-refractivity contribution in [2.24, 2.45) is 0 Å². The fourth-order valence-corrected chi connectivity index (χ4v) is 9.25. The number of fused-ring (bicyclic) bond motifs is 11. The van der Waals surface area contributed by atoms with Gasteiger partial charge in [0.2, 0.25) is 0 Å². The first kappa shape index (κ1) is 28.7. The molecule has 10 aromatic rings. The van der Waals surface area contributed by atoms with E-state index in [9.17, 15) is 0 Å². The first-order chi connectivity index (χ1) is 26.3. The van der Waals surface area contributed by atoms with Crippen LogP contribution >= 0.6 is 0 Å². The molecule has 2 aromatic heterocycles. The van der Waals surface area contributed by atoms with Gasteiger partial charge in [-0.3, -0.25) is 0 Å². The standard InChI is InChI=1S/C48H30BN3O/c1-4-16-31(17-5-1)50(32-18-6-2-7-19-32)34-28-42-46-44(29-34)53-43-27-15-12-24-38(43)49(46)39-30-37-35-22-10-13-25-40(35)51(33-20-8-3-9-21-33)47(37)45-36-23-11-14-26-41(36)52(42)48(39)45/h1-30H. The maximum Gasteiger partial charge on any atom is 0.256 e. The molecule has 0 amide bonds. The lowest BCUT2D eigenvalue weighted by Crippen LogP contribution is -2.58. The van der Waals surface area contributed by atoms with Crippen LogP contribution in [0.15, 0.2) is 182 Å². The lowest BCUT2D eigenvalue weighted by Gasteiger charge is -2.35. The number of para-hydroxylation sites is 6. The van der Waals surface area contributed by atoms with Gasteiger partial charge in [-0.25, -0.2) is 0 Å². The molecule has 0 saturated carbocycles. The summed E-state index contributed by atoms with van der Waals surface area (Å²) in [6, 6.07) is 65.6. The van der Waals surface area contributed by atoms with Crippen LogP contribution in [-0.2, 0) is 0 Å². The fourth-order valence-electron chi connectivity index (χ4n) is 9.25. The highest BCUT2D eigenvalue weighted by Gasteiger charge is 2.42. The zero-order valence-electron chi connectivity index (χ0n) is 28.6. The van der Waals surface area contributed by atoms with E-state index in [0.29, 0.717) is 0 Å². The smallest absolute Gasteiger partial charge is 0.256 e. The molecule has 4 nitrogen and oxygen atoms in total. The lowest BCUT2D eigenvalue weighted by atomic mass is 9.34. The van der Waals surface area contributed by atoms with Gasteiger partial charge in [-0.2, -0.15) is 0 Å². The van der Waals surface area contributed by atoms with Gasteiger partial charge >= 0.3 is 0 Å². The van der Waals surface area contributed by atoms with Crippen molar-refractivity contribution in [3.05, 3.63) is 182 Å². The maximum absolute atomic E-state index is 6.96. The Morgan fingerprint density at radius 1 is 0.434 bits per heavy atom. The van der Waals surface area contributed by atoms with Gasteiger partial charge in [0.25, 0.3) is 6.71 Å². The fraction of sp³-hybridized carbons (Fsp3) is 0. The van der Waals surface area contributed by atoms with Crippen LogP contribution in [0.1, 0.15) is 0 Å². The molecule has 12 rings (SSSR count). The van der Waals surface area contributed by atoms with E-state index in [1.165, 1.54) is 60.0 Å². The number of anilines is 3. The lowest BCUT2D eigenvalue weighted by molar-refractivity contribution is 0.487. The molecular formula is C48H30BN3O. The molecule has 0 fully saturated rings. The Balaban J connectivity index is 1.27. The normalized spacial score (nSPS) is 12.6. The van der Waals surface area contributed by atoms with Crippen LogP contribution in [0.5, 0.6) is 11.5 Å². The molecule has 246 valence electrons. The first-order valence-electron chi connectivity index (χ1n) is 18.2. The Morgan fingerprint density at radius 3 is 1.77 bits per heavy atom. The van der Waals surface area contributed by atoms with Crippen molar-refractivity contribution >= 4 is 83.8 Å². The molecular weight excluding hydrogens is 645 g/mol. The molecule has 53 heavy (non-hydrogen) atoms. The molecule has 0 radical (unpaired) electrons. The Kier molecular flexibility index (Phi) is 5.83. The summed E-state index contributed by atoms with van der Waals surface area (Å²) in [5.41, 5.74) is 14.1. The molecule has 0 atom stereocenters. The van der Waals surface area contributed by atoms with Gasteiger partial charge in [-0.15, -0.1) is 0 Å². The number of ether oxygens (including phenoxy) is 1. The number of rotatable bonds is 4. The largest absolute Gasteiger partial charge is 0.458 e.